The van der Waals surface area contributed by atoms with Crippen molar-refractivity contribution in [3.8, 4) is 17.6 Å². The molecule has 0 radical (unpaired) electrons. The largest absolute Gasteiger partial charge is 0.497 e. The molecule has 0 aliphatic heterocycles. The lowest BCUT2D eigenvalue weighted by molar-refractivity contribution is 0.0689. The maximum atomic E-state index is 11.3. The molecule has 0 saturated heterocycles. The van der Waals surface area contributed by atoms with Crippen molar-refractivity contribution in [3.05, 3.63) is 59.0 Å². The minimum atomic E-state index is -1.07. The van der Waals surface area contributed by atoms with E-state index in [4.69, 9.17) is 9.47 Å². The minimum absolute atomic E-state index is 0.00306. The quantitative estimate of drug-likeness (QED) is 0.684. The number of methoxy groups -OCH3 is 1. The van der Waals surface area contributed by atoms with Gasteiger partial charge in [0, 0.05) is 23.5 Å². The fourth-order valence-corrected chi connectivity index (χ4v) is 2.53. The van der Waals surface area contributed by atoms with Gasteiger partial charge in [0.05, 0.1) is 7.11 Å². The van der Waals surface area contributed by atoms with E-state index in [0.29, 0.717) is 30.2 Å². The average molecular weight is 368 g/mol. The number of aryl methyl sites for hydroxylation is 2. The van der Waals surface area contributed by atoms with E-state index in [1.807, 2.05) is 38.1 Å². The molecule has 0 unspecified atom stereocenters. The summed E-state index contributed by atoms with van der Waals surface area (Å²) in [6, 6.07) is 9.26. The minimum Gasteiger partial charge on any atom is -0.497 e. The van der Waals surface area contributed by atoms with Crippen LogP contribution in [0.15, 0.2) is 36.5 Å². The van der Waals surface area contributed by atoms with Crippen molar-refractivity contribution in [2.75, 3.05) is 7.11 Å². The number of rotatable bonds is 7. The van der Waals surface area contributed by atoms with E-state index in [0.717, 1.165) is 11.3 Å². The molecule has 2 aromatic heterocycles. The monoisotopic (exact) mass is 368 g/mol. The third-order valence-corrected chi connectivity index (χ3v) is 3.94. The summed E-state index contributed by atoms with van der Waals surface area (Å²) in [5.41, 5.74) is 2.28. The number of hydrogen-bond acceptors (Lipinski definition) is 6. The summed E-state index contributed by atoms with van der Waals surface area (Å²) >= 11 is 0. The standard InChI is InChI=1S/C19H20N4O4/c1-4-14-10-23(22-17(14)18(24)25)19-20-12(2)9-16(21-19)27-11-13-5-7-15(26-3)8-6-13/h5-10H,4,11H2,1-3H3,(H,24,25). The molecule has 27 heavy (non-hydrogen) atoms. The second-order valence-electron chi connectivity index (χ2n) is 5.89. The number of benzene rings is 1. The van der Waals surface area contributed by atoms with E-state index in [1.54, 1.807) is 19.4 Å². The molecule has 140 valence electrons. The first-order valence-electron chi connectivity index (χ1n) is 8.43. The third kappa shape index (κ3) is 4.22. The van der Waals surface area contributed by atoms with Gasteiger partial charge in [-0.1, -0.05) is 19.1 Å². The second kappa shape index (κ2) is 7.86. The summed E-state index contributed by atoms with van der Waals surface area (Å²) < 4.78 is 12.3. The summed E-state index contributed by atoms with van der Waals surface area (Å²) in [6.45, 7) is 4.02. The summed E-state index contributed by atoms with van der Waals surface area (Å²) in [7, 11) is 1.62. The number of hydrogen-bond donors (Lipinski definition) is 1. The van der Waals surface area contributed by atoms with Crippen molar-refractivity contribution in [1.29, 1.82) is 0 Å². The Hall–Kier alpha value is -3.42. The van der Waals surface area contributed by atoms with Crippen LogP contribution in [0.1, 0.15) is 34.2 Å². The van der Waals surface area contributed by atoms with Crippen molar-refractivity contribution in [3.63, 3.8) is 0 Å². The highest BCUT2D eigenvalue weighted by molar-refractivity contribution is 5.87. The van der Waals surface area contributed by atoms with E-state index < -0.39 is 5.97 Å². The van der Waals surface area contributed by atoms with Crippen LogP contribution in [0.25, 0.3) is 5.95 Å². The third-order valence-electron chi connectivity index (χ3n) is 3.94. The molecule has 0 atom stereocenters. The second-order valence-corrected chi connectivity index (χ2v) is 5.89. The van der Waals surface area contributed by atoms with Crippen LogP contribution in [0, 0.1) is 6.92 Å². The lowest BCUT2D eigenvalue weighted by Crippen LogP contribution is -2.07. The Bertz CT molecular complexity index is 951. The maximum Gasteiger partial charge on any atom is 0.356 e. The van der Waals surface area contributed by atoms with E-state index in [2.05, 4.69) is 15.1 Å². The van der Waals surface area contributed by atoms with E-state index in [-0.39, 0.29) is 11.6 Å². The number of aromatic nitrogens is 4. The van der Waals surface area contributed by atoms with Gasteiger partial charge in [0.25, 0.3) is 5.95 Å². The molecular formula is C19H20N4O4. The molecule has 8 nitrogen and oxygen atoms in total. The molecule has 0 aliphatic rings. The van der Waals surface area contributed by atoms with Gasteiger partial charge in [-0.15, -0.1) is 0 Å². The van der Waals surface area contributed by atoms with Crippen LogP contribution in [-0.4, -0.2) is 37.9 Å². The molecule has 3 rings (SSSR count). The van der Waals surface area contributed by atoms with Gasteiger partial charge < -0.3 is 14.6 Å². The maximum absolute atomic E-state index is 11.3. The van der Waals surface area contributed by atoms with Gasteiger partial charge in [0.2, 0.25) is 5.88 Å². The Labute approximate surface area is 156 Å². The number of nitrogens with zero attached hydrogens (tertiary/aromatic N) is 4. The van der Waals surface area contributed by atoms with Gasteiger partial charge in [0.1, 0.15) is 12.4 Å². The molecule has 0 bridgehead atoms. The fraction of sp³-hybridized carbons (Fsp3) is 0.263. The Kier molecular flexibility index (Phi) is 5.35. The molecule has 3 aromatic rings. The van der Waals surface area contributed by atoms with Gasteiger partial charge in [0.15, 0.2) is 5.69 Å². The van der Waals surface area contributed by atoms with Crippen molar-refractivity contribution in [2.45, 2.75) is 26.9 Å². The average Bonchev–Trinajstić information content (AvgIpc) is 3.11. The van der Waals surface area contributed by atoms with Crippen molar-refractivity contribution < 1.29 is 19.4 Å². The van der Waals surface area contributed by atoms with Gasteiger partial charge in [-0.25, -0.2) is 14.5 Å². The predicted molar refractivity (Wildman–Crippen MR) is 97.6 cm³/mol. The Morgan fingerprint density at radius 3 is 2.56 bits per heavy atom. The molecule has 0 saturated carbocycles. The summed E-state index contributed by atoms with van der Waals surface area (Å²) in [5.74, 6) is 0.355. The van der Waals surface area contributed by atoms with Crippen molar-refractivity contribution in [1.82, 2.24) is 19.7 Å². The zero-order chi connectivity index (χ0) is 19.4. The molecule has 0 fully saturated rings. The summed E-state index contributed by atoms with van der Waals surface area (Å²) in [6.07, 6.45) is 2.18. The van der Waals surface area contributed by atoms with Crippen LogP contribution in [0.3, 0.4) is 0 Å². The SMILES string of the molecule is CCc1cn(-c2nc(C)cc(OCc3ccc(OC)cc3)n2)nc1C(=O)O. The van der Waals surface area contributed by atoms with E-state index >= 15 is 0 Å². The Morgan fingerprint density at radius 2 is 1.96 bits per heavy atom. The zero-order valence-electron chi connectivity index (χ0n) is 15.3. The number of carbonyl (C=O) groups is 1. The lowest BCUT2D eigenvalue weighted by atomic mass is 10.2. The number of carboxylic acid groups (broad SMARTS) is 1. The van der Waals surface area contributed by atoms with Crippen LogP contribution >= 0.6 is 0 Å². The number of aromatic carboxylic acids is 1. The fourth-order valence-electron chi connectivity index (χ4n) is 2.53. The first kappa shape index (κ1) is 18.4. The van der Waals surface area contributed by atoms with E-state index in [9.17, 15) is 9.90 Å². The van der Waals surface area contributed by atoms with Crippen LogP contribution in [-0.2, 0) is 13.0 Å². The van der Waals surface area contributed by atoms with Gasteiger partial charge in [-0.2, -0.15) is 10.1 Å². The zero-order valence-corrected chi connectivity index (χ0v) is 15.3. The first-order chi connectivity index (χ1) is 13.0. The number of carboxylic acids is 1. The Morgan fingerprint density at radius 1 is 1.22 bits per heavy atom. The van der Waals surface area contributed by atoms with Gasteiger partial charge in [-0.3, -0.25) is 0 Å². The smallest absolute Gasteiger partial charge is 0.356 e. The Balaban J connectivity index is 1.82. The van der Waals surface area contributed by atoms with Gasteiger partial charge in [-0.05, 0) is 31.0 Å². The molecule has 0 aliphatic carbocycles. The number of ether oxygens (including phenoxy) is 2. The summed E-state index contributed by atoms with van der Waals surface area (Å²) in [4.78, 5) is 20.0. The van der Waals surface area contributed by atoms with Crippen molar-refractivity contribution >= 4 is 5.97 Å². The normalized spacial score (nSPS) is 10.6. The van der Waals surface area contributed by atoms with E-state index in [1.165, 1.54) is 4.68 Å². The van der Waals surface area contributed by atoms with Gasteiger partial charge >= 0.3 is 5.97 Å². The van der Waals surface area contributed by atoms with Crippen LogP contribution < -0.4 is 9.47 Å². The van der Waals surface area contributed by atoms with Crippen LogP contribution in [0.2, 0.25) is 0 Å². The van der Waals surface area contributed by atoms with Crippen LogP contribution in [0.5, 0.6) is 11.6 Å². The van der Waals surface area contributed by atoms with Crippen LogP contribution in [0.4, 0.5) is 0 Å². The predicted octanol–water partition coefficient (Wildman–Crippen LogP) is 2.82. The molecule has 1 N–H and O–H groups in total. The molecular weight excluding hydrogens is 348 g/mol. The highest BCUT2D eigenvalue weighted by atomic mass is 16.5. The molecule has 0 spiro atoms. The van der Waals surface area contributed by atoms with Crippen molar-refractivity contribution in [2.24, 2.45) is 0 Å². The molecule has 8 heteroatoms. The lowest BCUT2D eigenvalue weighted by Gasteiger charge is -2.08. The molecule has 1 aromatic carbocycles. The highest BCUT2D eigenvalue weighted by Crippen LogP contribution is 2.17. The molecule has 2 heterocycles. The molecule has 0 amide bonds. The highest BCUT2D eigenvalue weighted by Gasteiger charge is 2.17. The summed E-state index contributed by atoms with van der Waals surface area (Å²) in [5, 5.41) is 13.4. The first-order valence-corrected chi connectivity index (χ1v) is 8.43. The topological polar surface area (TPSA) is 99.4 Å².